The number of unbranched alkanes of at least 4 members (excludes halogenated alkanes) is 16. The van der Waals surface area contributed by atoms with E-state index >= 15 is 0 Å². The van der Waals surface area contributed by atoms with Gasteiger partial charge in [0.05, 0.1) is 6.61 Å². The third kappa shape index (κ3) is 17.4. The molecule has 0 heterocycles. The lowest BCUT2D eigenvalue weighted by molar-refractivity contribution is -0.144. The van der Waals surface area contributed by atoms with E-state index in [4.69, 9.17) is 4.74 Å². The van der Waals surface area contributed by atoms with E-state index in [2.05, 4.69) is 38.2 Å². The molecule has 4 rings (SSSR count). The van der Waals surface area contributed by atoms with Crippen molar-refractivity contribution in [1.82, 2.24) is 15.1 Å². The van der Waals surface area contributed by atoms with E-state index in [0.29, 0.717) is 32.4 Å². The third-order valence-corrected chi connectivity index (χ3v) is 12.3. The van der Waals surface area contributed by atoms with Gasteiger partial charge in [-0.05, 0) is 115 Å². The van der Waals surface area contributed by atoms with Crippen LogP contribution in [0.4, 0.5) is 0 Å². The zero-order valence-corrected chi connectivity index (χ0v) is 34.0. The molecule has 0 radical (unpaired) electrons. The first-order chi connectivity index (χ1) is 24.7. The van der Waals surface area contributed by atoms with Crippen LogP contribution in [0.25, 0.3) is 0 Å². The van der Waals surface area contributed by atoms with Gasteiger partial charge in [-0.3, -0.25) is 14.4 Å². The van der Waals surface area contributed by atoms with Gasteiger partial charge in [0.2, 0.25) is 11.8 Å². The second-order valence-electron chi connectivity index (χ2n) is 17.5. The number of carbonyl (C=O) groups excluding carboxylic acids is 3. The van der Waals surface area contributed by atoms with Crippen LogP contribution in [0.5, 0.6) is 0 Å². The molecule has 0 aromatic heterocycles. The van der Waals surface area contributed by atoms with Gasteiger partial charge in [0, 0.05) is 24.9 Å². The van der Waals surface area contributed by atoms with Gasteiger partial charge >= 0.3 is 5.97 Å². The second-order valence-corrected chi connectivity index (χ2v) is 17.5. The maximum atomic E-state index is 14.4. The Kier molecular flexibility index (Phi) is 21.8. The first-order valence-corrected chi connectivity index (χ1v) is 22.2. The van der Waals surface area contributed by atoms with E-state index in [-0.39, 0.29) is 23.3 Å². The SMILES string of the molecule is CCCCCCCCCCC(=O)OCCCCCC(C(=O)NC12CC3CC(CC(C3)C1)C2)N(CCCN(C)C)C(=O)CCCCCCCCCC. The minimum absolute atomic E-state index is 0.0660. The second kappa shape index (κ2) is 25.4. The molecular formula is C44H81N3O4. The van der Waals surface area contributed by atoms with Crippen molar-refractivity contribution in [2.45, 2.75) is 212 Å². The van der Waals surface area contributed by atoms with E-state index in [9.17, 15) is 14.4 Å². The molecule has 0 aromatic rings. The fourth-order valence-corrected chi connectivity index (χ4v) is 9.88. The molecule has 7 heteroatoms. The molecule has 0 spiro atoms. The molecule has 0 aromatic carbocycles. The van der Waals surface area contributed by atoms with E-state index < -0.39 is 6.04 Å². The summed E-state index contributed by atoms with van der Waals surface area (Å²) in [6.45, 7) is 6.47. The zero-order chi connectivity index (χ0) is 36.7. The van der Waals surface area contributed by atoms with Crippen molar-refractivity contribution >= 4 is 17.8 Å². The zero-order valence-electron chi connectivity index (χ0n) is 34.0. The highest BCUT2D eigenvalue weighted by Gasteiger charge is 2.52. The van der Waals surface area contributed by atoms with Gasteiger partial charge in [0.25, 0.3) is 0 Å². The molecule has 4 fully saturated rings. The quantitative estimate of drug-likeness (QED) is 0.0571. The molecule has 0 saturated heterocycles. The molecule has 1 atom stereocenters. The van der Waals surface area contributed by atoms with Gasteiger partial charge in [0.1, 0.15) is 6.04 Å². The van der Waals surface area contributed by atoms with Crippen molar-refractivity contribution in [2.75, 3.05) is 33.8 Å². The first kappa shape index (κ1) is 43.8. The normalized spacial score (nSPS) is 22.7. The summed E-state index contributed by atoms with van der Waals surface area (Å²) < 4.78 is 5.58. The minimum Gasteiger partial charge on any atom is -0.466 e. The maximum absolute atomic E-state index is 14.4. The summed E-state index contributed by atoms with van der Waals surface area (Å²) in [6.07, 6.45) is 31.9. The monoisotopic (exact) mass is 716 g/mol. The van der Waals surface area contributed by atoms with Gasteiger partial charge in [-0.25, -0.2) is 0 Å². The highest BCUT2D eigenvalue weighted by atomic mass is 16.5. The van der Waals surface area contributed by atoms with E-state index in [1.807, 2.05) is 4.90 Å². The van der Waals surface area contributed by atoms with Crippen molar-refractivity contribution in [2.24, 2.45) is 17.8 Å². The maximum Gasteiger partial charge on any atom is 0.305 e. The Labute approximate surface area is 314 Å². The summed E-state index contributed by atoms with van der Waals surface area (Å²) >= 11 is 0. The van der Waals surface area contributed by atoms with Crippen molar-refractivity contribution < 1.29 is 19.1 Å². The lowest BCUT2D eigenvalue weighted by Gasteiger charge is -2.57. The highest BCUT2D eigenvalue weighted by molar-refractivity contribution is 5.88. The van der Waals surface area contributed by atoms with Crippen LogP contribution in [-0.2, 0) is 19.1 Å². The molecular weight excluding hydrogens is 635 g/mol. The van der Waals surface area contributed by atoms with Crippen molar-refractivity contribution in [3.8, 4) is 0 Å². The predicted molar refractivity (Wildman–Crippen MR) is 212 cm³/mol. The Hall–Kier alpha value is -1.63. The lowest BCUT2D eigenvalue weighted by atomic mass is 9.53. The molecule has 4 saturated carbocycles. The Bertz CT molecular complexity index is 933. The summed E-state index contributed by atoms with van der Waals surface area (Å²) in [5, 5.41) is 3.66. The van der Waals surface area contributed by atoms with Crippen LogP contribution in [0, 0.1) is 17.8 Å². The average Bonchev–Trinajstić information content (AvgIpc) is 3.08. The van der Waals surface area contributed by atoms with Gasteiger partial charge in [-0.1, -0.05) is 110 Å². The van der Waals surface area contributed by atoms with Crippen LogP contribution in [-0.4, -0.2) is 73.0 Å². The number of nitrogens with one attached hydrogen (secondary N) is 1. The molecule has 4 aliphatic rings. The van der Waals surface area contributed by atoms with Gasteiger partial charge in [-0.15, -0.1) is 0 Å². The molecule has 0 aliphatic heterocycles. The highest BCUT2D eigenvalue weighted by Crippen LogP contribution is 2.55. The van der Waals surface area contributed by atoms with Crippen molar-refractivity contribution in [3.05, 3.63) is 0 Å². The number of carbonyl (C=O) groups is 3. The summed E-state index contributed by atoms with van der Waals surface area (Å²) in [5.41, 5.74) is -0.0660. The number of hydrogen-bond acceptors (Lipinski definition) is 5. The molecule has 4 aliphatic carbocycles. The van der Waals surface area contributed by atoms with Gasteiger partial charge in [-0.2, -0.15) is 0 Å². The van der Waals surface area contributed by atoms with E-state index in [0.717, 1.165) is 94.9 Å². The topological polar surface area (TPSA) is 79.0 Å². The van der Waals surface area contributed by atoms with Gasteiger partial charge < -0.3 is 19.9 Å². The number of amides is 2. The molecule has 1 unspecified atom stereocenters. The minimum atomic E-state index is -0.425. The summed E-state index contributed by atoms with van der Waals surface area (Å²) in [7, 11) is 4.15. The molecule has 4 bridgehead atoms. The Morgan fingerprint density at radius 1 is 0.627 bits per heavy atom. The average molecular weight is 716 g/mol. The lowest BCUT2D eigenvalue weighted by Crippen LogP contribution is -2.63. The Morgan fingerprint density at radius 3 is 1.65 bits per heavy atom. The number of hydrogen-bond donors (Lipinski definition) is 1. The van der Waals surface area contributed by atoms with Gasteiger partial charge in [0.15, 0.2) is 0 Å². The standard InChI is InChI=1S/C44H81N3O4/c1-5-7-9-11-13-15-17-21-26-41(48)47(29-24-28-46(3)4)40(43(50)45-44-34-37-31-38(35-44)33-39(32-37)36-44)25-20-19-23-30-51-42(49)27-22-18-16-14-12-10-8-6-2/h37-40H,5-36H2,1-4H3,(H,45,50). The van der Waals surface area contributed by atoms with Crippen molar-refractivity contribution in [1.29, 1.82) is 0 Å². The molecule has 2 amide bonds. The van der Waals surface area contributed by atoms with Crippen molar-refractivity contribution in [3.63, 3.8) is 0 Å². The van der Waals surface area contributed by atoms with Crippen LogP contribution in [0.3, 0.4) is 0 Å². The summed E-state index contributed by atoms with van der Waals surface area (Å²) in [5.74, 6) is 2.43. The molecule has 1 N–H and O–H groups in total. The molecule has 51 heavy (non-hydrogen) atoms. The number of esters is 1. The predicted octanol–water partition coefficient (Wildman–Crippen LogP) is 10.4. The first-order valence-electron chi connectivity index (χ1n) is 22.2. The van der Waals surface area contributed by atoms with Crippen LogP contribution in [0.2, 0.25) is 0 Å². The Morgan fingerprint density at radius 2 is 1.12 bits per heavy atom. The summed E-state index contributed by atoms with van der Waals surface area (Å²) in [4.78, 5) is 44.9. The number of ether oxygens (including phenoxy) is 1. The Balaban J connectivity index is 1.52. The van der Waals surface area contributed by atoms with Crippen LogP contribution in [0.15, 0.2) is 0 Å². The van der Waals surface area contributed by atoms with Crippen LogP contribution in [0.1, 0.15) is 200 Å². The van der Waals surface area contributed by atoms with E-state index in [1.165, 1.54) is 96.3 Å². The molecule has 7 nitrogen and oxygen atoms in total. The molecule has 296 valence electrons. The largest absolute Gasteiger partial charge is 0.466 e. The number of nitrogens with zero attached hydrogens (tertiary/aromatic N) is 2. The smallest absolute Gasteiger partial charge is 0.305 e. The fourth-order valence-electron chi connectivity index (χ4n) is 9.88. The summed E-state index contributed by atoms with van der Waals surface area (Å²) in [6, 6.07) is -0.425. The van der Waals surface area contributed by atoms with Crippen LogP contribution >= 0.6 is 0 Å². The van der Waals surface area contributed by atoms with E-state index in [1.54, 1.807) is 0 Å². The number of rotatable bonds is 31. The third-order valence-electron chi connectivity index (χ3n) is 12.3. The fraction of sp³-hybridized carbons (Fsp3) is 0.932. The van der Waals surface area contributed by atoms with Crippen LogP contribution < -0.4 is 5.32 Å².